The number of nitrogens with zero attached hydrogens (tertiary/aromatic N) is 2. The highest BCUT2D eigenvalue weighted by atomic mass is 15.1. The summed E-state index contributed by atoms with van der Waals surface area (Å²) in [5, 5.41) is 8.41. The molecule has 0 saturated carbocycles. The van der Waals surface area contributed by atoms with Gasteiger partial charge in [-0.15, -0.1) is 0 Å². The number of aromatic amines is 1. The molecule has 3 nitrogen and oxygen atoms in total. The fourth-order valence-electron chi connectivity index (χ4n) is 2.55. The van der Waals surface area contributed by atoms with Gasteiger partial charge in [0.05, 0.1) is 23.1 Å². The Morgan fingerprint density at radius 1 is 1.12 bits per heavy atom. The first-order valence-corrected chi connectivity index (χ1v) is 5.83. The summed E-state index contributed by atoms with van der Waals surface area (Å²) in [6.45, 7) is 0. The van der Waals surface area contributed by atoms with Crippen LogP contribution in [0.25, 0.3) is 22.2 Å². The molecule has 82 valence electrons. The van der Waals surface area contributed by atoms with E-state index in [0.717, 1.165) is 24.1 Å². The van der Waals surface area contributed by atoms with E-state index in [1.165, 1.54) is 22.2 Å². The summed E-state index contributed by atoms with van der Waals surface area (Å²) >= 11 is 0. The minimum Gasteiger partial charge on any atom is -0.277 e. The summed E-state index contributed by atoms with van der Waals surface area (Å²) in [6, 6.07) is 10.5. The van der Waals surface area contributed by atoms with Crippen molar-refractivity contribution in [2.45, 2.75) is 12.8 Å². The molecule has 1 aromatic carbocycles. The van der Waals surface area contributed by atoms with Crippen LogP contribution in [0.3, 0.4) is 0 Å². The topological polar surface area (TPSA) is 41.6 Å². The molecular formula is C14H11N3. The molecule has 3 aromatic rings. The Balaban J connectivity index is 2.08. The lowest BCUT2D eigenvalue weighted by Gasteiger charge is -2.15. The van der Waals surface area contributed by atoms with Gasteiger partial charge in [-0.05, 0) is 30.5 Å². The molecular weight excluding hydrogens is 210 g/mol. The molecule has 1 aliphatic carbocycles. The summed E-state index contributed by atoms with van der Waals surface area (Å²) in [5.41, 5.74) is 5.91. The van der Waals surface area contributed by atoms with Gasteiger partial charge in [-0.25, -0.2) is 0 Å². The largest absolute Gasteiger partial charge is 0.277 e. The standard InChI is InChI=1S/C14H11N3/c1-2-4-12-9(3-1)7-11-13(16-12)6-5-10-8-15-17-14(10)11/h1-4,7-8H,5-6H2,(H,15,17). The van der Waals surface area contributed by atoms with E-state index in [-0.39, 0.29) is 0 Å². The fourth-order valence-corrected chi connectivity index (χ4v) is 2.55. The Hall–Kier alpha value is -2.16. The SMILES string of the molecule is c1ccc2nc3c(cc2c1)-c1[nH]ncc1CC3. The van der Waals surface area contributed by atoms with Gasteiger partial charge >= 0.3 is 0 Å². The first kappa shape index (κ1) is 8.93. The van der Waals surface area contributed by atoms with Crippen molar-refractivity contribution in [3.63, 3.8) is 0 Å². The molecule has 0 aliphatic heterocycles. The van der Waals surface area contributed by atoms with Crippen molar-refractivity contribution in [3.8, 4) is 11.3 Å². The van der Waals surface area contributed by atoms with E-state index in [1.807, 2.05) is 18.3 Å². The summed E-state index contributed by atoms with van der Waals surface area (Å²) < 4.78 is 0. The van der Waals surface area contributed by atoms with Crippen LogP contribution in [-0.2, 0) is 12.8 Å². The maximum atomic E-state index is 4.75. The van der Waals surface area contributed by atoms with E-state index in [1.54, 1.807) is 0 Å². The highest BCUT2D eigenvalue weighted by molar-refractivity contribution is 5.85. The van der Waals surface area contributed by atoms with Gasteiger partial charge in [-0.1, -0.05) is 18.2 Å². The molecule has 2 heterocycles. The number of hydrogen-bond donors (Lipinski definition) is 1. The normalized spacial score (nSPS) is 13.4. The van der Waals surface area contributed by atoms with Crippen molar-refractivity contribution in [3.05, 3.63) is 47.8 Å². The van der Waals surface area contributed by atoms with Gasteiger partial charge in [0, 0.05) is 10.9 Å². The van der Waals surface area contributed by atoms with Crippen LogP contribution in [0.15, 0.2) is 36.5 Å². The zero-order valence-electron chi connectivity index (χ0n) is 9.27. The van der Waals surface area contributed by atoms with Crippen LogP contribution >= 0.6 is 0 Å². The fraction of sp³-hybridized carbons (Fsp3) is 0.143. The average Bonchev–Trinajstić information content (AvgIpc) is 2.85. The quantitative estimate of drug-likeness (QED) is 0.634. The van der Waals surface area contributed by atoms with E-state index < -0.39 is 0 Å². The van der Waals surface area contributed by atoms with Crippen LogP contribution in [0, 0.1) is 0 Å². The Kier molecular flexibility index (Phi) is 1.66. The number of aryl methyl sites for hydroxylation is 2. The van der Waals surface area contributed by atoms with Crippen LogP contribution in [-0.4, -0.2) is 15.2 Å². The van der Waals surface area contributed by atoms with Crippen molar-refractivity contribution >= 4 is 10.9 Å². The summed E-state index contributed by atoms with van der Waals surface area (Å²) in [5.74, 6) is 0. The first-order valence-electron chi connectivity index (χ1n) is 5.83. The van der Waals surface area contributed by atoms with Crippen LogP contribution < -0.4 is 0 Å². The van der Waals surface area contributed by atoms with Crippen molar-refractivity contribution < 1.29 is 0 Å². The summed E-state index contributed by atoms with van der Waals surface area (Å²) in [4.78, 5) is 4.75. The second-order valence-corrected chi connectivity index (χ2v) is 4.45. The van der Waals surface area contributed by atoms with Gasteiger partial charge in [0.1, 0.15) is 0 Å². The van der Waals surface area contributed by atoms with Gasteiger partial charge in [-0.2, -0.15) is 5.10 Å². The van der Waals surface area contributed by atoms with Crippen LogP contribution in [0.5, 0.6) is 0 Å². The molecule has 1 aliphatic rings. The zero-order chi connectivity index (χ0) is 11.2. The molecule has 0 amide bonds. The third-order valence-electron chi connectivity index (χ3n) is 3.42. The molecule has 17 heavy (non-hydrogen) atoms. The Morgan fingerprint density at radius 2 is 2.06 bits per heavy atom. The molecule has 0 bridgehead atoms. The van der Waals surface area contributed by atoms with Crippen LogP contribution in [0.4, 0.5) is 0 Å². The monoisotopic (exact) mass is 221 g/mol. The van der Waals surface area contributed by atoms with E-state index in [0.29, 0.717) is 0 Å². The number of rotatable bonds is 0. The number of fused-ring (bicyclic) bond motifs is 4. The predicted molar refractivity (Wildman–Crippen MR) is 66.7 cm³/mol. The van der Waals surface area contributed by atoms with Gasteiger partial charge in [0.2, 0.25) is 0 Å². The molecule has 1 N–H and O–H groups in total. The Bertz CT molecular complexity index is 712. The molecule has 2 aromatic heterocycles. The number of nitrogens with one attached hydrogen (secondary N) is 1. The smallest absolute Gasteiger partial charge is 0.0705 e. The highest BCUT2D eigenvalue weighted by Crippen LogP contribution is 2.32. The van der Waals surface area contributed by atoms with Gasteiger partial charge < -0.3 is 0 Å². The lowest BCUT2D eigenvalue weighted by Crippen LogP contribution is -2.05. The van der Waals surface area contributed by atoms with Crippen LogP contribution in [0.2, 0.25) is 0 Å². The second kappa shape index (κ2) is 3.17. The summed E-state index contributed by atoms with van der Waals surface area (Å²) in [6.07, 6.45) is 3.96. The Morgan fingerprint density at radius 3 is 3.06 bits per heavy atom. The number of hydrogen-bond acceptors (Lipinski definition) is 2. The number of para-hydroxylation sites is 1. The third-order valence-corrected chi connectivity index (χ3v) is 3.42. The number of H-pyrrole nitrogens is 1. The molecule has 4 rings (SSSR count). The van der Waals surface area contributed by atoms with Gasteiger partial charge in [0.25, 0.3) is 0 Å². The van der Waals surface area contributed by atoms with Crippen LogP contribution in [0.1, 0.15) is 11.3 Å². The lowest BCUT2D eigenvalue weighted by molar-refractivity contribution is 0.904. The number of benzene rings is 1. The van der Waals surface area contributed by atoms with Crippen molar-refractivity contribution in [2.75, 3.05) is 0 Å². The Labute approximate surface area is 98.5 Å². The molecule has 0 atom stereocenters. The number of pyridine rings is 1. The molecule has 0 unspecified atom stereocenters. The molecule has 0 fully saturated rings. The van der Waals surface area contributed by atoms with Gasteiger partial charge in [-0.3, -0.25) is 10.1 Å². The van der Waals surface area contributed by atoms with Crippen molar-refractivity contribution in [1.29, 1.82) is 0 Å². The maximum absolute atomic E-state index is 4.75. The minimum absolute atomic E-state index is 1.01. The minimum atomic E-state index is 1.01. The van der Waals surface area contributed by atoms with Crippen molar-refractivity contribution in [2.24, 2.45) is 0 Å². The van der Waals surface area contributed by atoms with E-state index in [4.69, 9.17) is 4.98 Å². The average molecular weight is 221 g/mol. The van der Waals surface area contributed by atoms with E-state index >= 15 is 0 Å². The highest BCUT2D eigenvalue weighted by Gasteiger charge is 2.19. The molecule has 0 spiro atoms. The van der Waals surface area contributed by atoms with E-state index in [2.05, 4.69) is 28.4 Å². The molecule has 0 saturated heterocycles. The zero-order valence-corrected chi connectivity index (χ0v) is 9.27. The second-order valence-electron chi connectivity index (χ2n) is 4.45. The lowest BCUT2D eigenvalue weighted by atomic mass is 9.93. The van der Waals surface area contributed by atoms with E-state index in [9.17, 15) is 0 Å². The van der Waals surface area contributed by atoms with Gasteiger partial charge in [0.15, 0.2) is 0 Å². The first-order chi connectivity index (χ1) is 8.42. The number of aromatic nitrogens is 3. The third kappa shape index (κ3) is 1.22. The molecule has 0 radical (unpaired) electrons. The predicted octanol–water partition coefficient (Wildman–Crippen LogP) is 2.72. The molecule has 3 heteroatoms. The van der Waals surface area contributed by atoms with Crippen molar-refractivity contribution in [1.82, 2.24) is 15.2 Å². The maximum Gasteiger partial charge on any atom is 0.0705 e. The summed E-state index contributed by atoms with van der Waals surface area (Å²) in [7, 11) is 0.